The fraction of sp³-hybridized carbons (Fsp3) is 0. The van der Waals surface area contributed by atoms with Gasteiger partial charge in [-0.25, -0.2) is 9.97 Å². The van der Waals surface area contributed by atoms with Crippen LogP contribution >= 0.6 is 0 Å². The van der Waals surface area contributed by atoms with Crippen molar-refractivity contribution in [3.63, 3.8) is 0 Å². The topological polar surface area (TPSA) is 35.6 Å². The smallest absolute Gasteiger partial charge is 0.145 e. The monoisotopic (exact) mass is 812 g/mol. The minimum absolute atomic E-state index is 0.922. The van der Waals surface area contributed by atoms with Crippen LogP contribution in [0.4, 0.5) is 0 Å². The highest BCUT2D eigenvalue weighted by atomic mass is 15.1. The summed E-state index contributed by atoms with van der Waals surface area (Å²) < 4.78 is 4.77. The predicted octanol–water partition coefficient (Wildman–Crippen LogP) is 15.7. The number of rotatable bonds is 5. The van der Waals surface area contributed by atoms with Gasteiger partial charge in [0, 0.05) is 43.7 Å². The Kier molecular flexibility index (Phi) is 7.36. The Balaban J connectivity index is 0.933. The number of para-hydroxylation sites is 3. The van der Waals surface area contributed by atoms with E-state index in [9.17, 15) is 0 Å². The summed E-state index contributed by atoms with van der Waals surface area (Å²) >= 11 is 0. The van der Waals surface area contributed by atoms with Gasteiger partial charge < -0.3 is 4.57 Å². The molecule has 4 nitrogen and oxygen atoms in total. The summed E-state index contributed by atoms with van der Waals surface area (Å²) in [7, 11) is 0. The number of nitrogens with zero attached hydrogens (tertiary/aromatic N) is 4. The lowest BCUT2D eigenvalue weighted by Crippen LogP contribution is -1.99. The number of hydrogen-bond acceptors (Lipinski definition) is 2. The molecule has 0 spiro atoms. The Morgan fingerprint density at radius 2 is 0.938 bits per heavy atom. The first-order valence-electron chi connectivity index (χ1n) is 21.9. The van der Waals surface area contributed by atoms with E-state index in [-0.39, 0.29) is 0 Å². The second-order valence-corrected chi connectivity index (χ2v) is 16.9. The SMILES string of the molecule is c1ccc(-c2nc3cc4c5ccc(-c6ccc(-c7nc8ccccc8n7-c7ccc8ccc9cccc%10ccc7c8c9%10)cc6)cc5n(-c5ccccc5)c4cc3c3ccccc23)cc1. The van der Waals surface area contributed by atoms with Gasteiger partial charge >= 0.3 is 0 Å². The van der Waals surface area contributed by atoms with E-state index in [2.05, 4.69) is 228 Å². The predicted molar refractivity (Wildman–Crippen MR) is 268 cm³/mol. The van der Waals surface area contributed by atoms with Crippen LogP contribution in [-0.2, 0) is 0 Å². The number of hydrogen-bond donors (Lipinski definition) is 0. The average molecular weight is 813 g/mol. The number of pyridine rings is 1. The zero-order chi connectivity index (χ0) is 41.9. The van der Waals surface area contributed by atoms with Crippen molar-refractivity contribution in [3.8, 4) is 45.1 Å². The molecule has 3 aromatic heterocycles. The molecule has 296 valence electrons. The molecule has 14 rings (SSSR count). The molecule has 0 aliphatic heterocycles. The normalized spacial score (nSPS) is 12.1. The van der Waals surface area contributed by atoms with E-state index in [0.29, 0.717) is 0 Å². The van der Waals surface area contributed by atoms with Crippen molar-refractivity contribution >= 4 is 86.8 Å². The van der Waals surface area contributed by atoms with E-state index < -0.39 is 0 Å². The minimum atomic E-state index is 0.922. The fourth-order valence-electron chi connectivity index (χ4n) is 10.5. The minimum Gasteiger partial charge on any atom is -0.309 e. The molecule has 11 aromatic carbocycles. The first kappa shape index (κ1) is 35.0. The van der Waals surface area contributed by atoms with Gasteiger partial charge in [0.05, 0.1) is 39.0 Å². The van der Waals surface area contributed by atoms with E-state index in [1.165, 1.54) is 48.5 Å². The van der Waals surface area contributed by atoms with Gasteiger partial charge in [0.25, 0.3) is 0 Å². The van der Waals surface area contributed by atoms with Gasteiger partial charge in [-0.1, -0.05) is 170 Å². The van der Waals surface area contributed by atoms with Gasteiger partial charge in [0.2, 0.25) is 0 Å². The lowest BCUT2D eigenvalue weighted by atomic mass is 9.93. The second kappa shape index (κ2) is 13.4. The van der Waals surface area contributed by atoms with Gasteiger partial charge in [0.15, 0.2) is 0 Å². The van der Waals surface area contributed by atoms with Crippen molar-refractivity contribution in [3.05, 3.63) is 218 Å². The molecule has 0 amide bonds. The summed E-state index contributed by atoms with van der Waals surface area (Å²) in [6.45, 7) is 0. The van der Waals surface area contributed by atoms with Gasteiger partial charge in [0.1, 0.15) is 5.82 Å². The third-order valence-corrected chi connectivity index (χ3v) is 13.4. The highest BCUT2D eigenvalue weighted by Crippen LogP contribution is 2.42. The van der Waals surface area contributed by atoms with E-state index in [4.69, 9.17) is 9.97 Å². The lowest BCUT2D eigenvalue weighted by Gasteiger charge is -2.17. The molecule has 0 saturated heterocycles. The third-order valence-electron chi connectivity index (χ3n) is 13.4. The van der Waals surface area contributed by atoms with Crippen molar-refractivity contribution in [2.45, 2.75) is 0 Å². The second-order valence-electron chi connectivity index (χ2n) is 16.9. The molecule has 0 atom stereocenters. The van der Waals surface area contributed by atoms with Gasteiger partial charge in [-0.2, -0.15) is 0 Å². The Morgan fingerprint density at radius 1 is 0.297 bits per heavy atom. The first-order valence-corrected chi connectivity index (χ1v) is 21.9. The molecular weight excluding hydrogens is 777 g/mol. The van der Waals surface area contributed by atoms with Gasteiger partial charge in [-0.3, -0.25) is 4.57 Å². The summed E-state index contributed by atoms with van der Waals surface area (Å²) in [6, 6.07) is 79.1. The zero-order valence-corrected chi connectivity index (χ0v) is 34.6. The van der Waals surface area contributed by atoms with E-state index in [1.54, 1.807) is 0 Å². The largest absolute Gasteiger partial charge is 0.309 e. The highest BCUT2D eigenvalue weighted by molar-refractivity contribution is 6.25. The van der Waals surface area contributed by atoms with Crippen molar-refractivity contribution in [1.29, 1.82) is 0 Å². The molecule has 14 aromatic rings. The Bertz CT molecular complexity index is 4150. The van der Waals surface area contributed by atoms with Crippen molar-refractivity contribution < 1.29 is 0 Å². The van der Waals surface area contributed by atoms with E-state index in [0.717, 1.165) is 83.5 Å². The molecule has 0 aliphatic carbocycles. The molecule has 0 saturated carbocycles. The number of benzene rings is 11. The summed E-state index contributed by atoms with van der Waals surface area (Å²) in [5, 5.41) is 13.5. The molecular formula is C60H36N4. The maximum Gasteiger partial charge on any atom is 0.145 e. The van der Waals surface area contributed by atoms with Crippen LogP contribution in [0.5, 0.6) is 0 Å². The van der Waals surface area contributed by atoms with Gasteiger partial charge in [-0.15, -0.1) is 0 Å². The summed E-state index contributed by atoms with van der Waals surface area (Å²) in [4.78, 5) is 10.7. The average Bonchev–Trinajstić information content (AvgIpc) is 3.90. The lowest BCUT2D eigenvalue weighted by molar-refractivity contribution is 1.12. The van der Waals surface area contributed by atoms with Crippen LogP contribution < -0.4 is 0 Å². The molecule has 0 fully saturated rings. The number of imidazole rings is 1. The molecule has 0 radical (unpaired) electrons. The zero-order valence-electron chi connectivity index (χ0n) is 34.6. The van der Waals surface area contributed by atoms with Crippen LogP contribution in [0.15, 0.2) is 218 Å². The van der Waals surface area contributed by atoms with E-state index >= 15 is 0 Å². The maximum atomic E-state index is 5.37. The van der Waals surface area contributed by atoms with Crippen LogP contribution in [-0.4, -0.2) is 19.1 Å². The van der Waals surface area contributed by atoms with Crippen molar-refractivity contribution in [2.24, 2.45) is 0 Å². The van der Waals surface area contributed by atoms with Crippen LogP contribution in [0.3, 0.4) is 0 Å². The number of fused-ring (bicyclic) bond motifs is 7. The van der Waals surface area contributed by atoms with Gasteiger partial charge in [-0.05, 0) is 92.0 Å². The number of aromatic nitrogens is 4. The van der Waals surface area contributed by atoms with E-state index in [1.807, 2.05) is 0 Å². The molecule has 0 aliphatic rings. The first-order chi connectivity index (χ1) is 31.7. The Hall–Kier alpha value is -8.60. The molecule has 64 heavy (non-hydrogen) atoms. The fourth-order valence-corrected chi connectivity index (χ4v) is 10.5. The molecule has 0 unspecified atom stereocenters. The highest BCUT2D eigenvalue weighted by Gasteiger charge is 2.21. The van der Waals surface area contributed by atoms with Crippen molar-refractivity contribution in [1.82, 2.24) is 19.1 Å². The van der Waals surface area contributed by atoms with Crippen LogP contribution in [0.1, 0.15) is 0 Å². The van der Waals surface area contributed by atoms with Crippen LogP contribution in [0.25, 0.3) is 132 Å². The van der Waals surface area contributed by atoms with Crippen molar-refractivity contribution in [2.75, 3.05) is 0 Å². The molecule has 0 bridgehead atoms. The molecule has 4 heteroatoms. The standard InChI is InChI=1S/C60H36N4/c1-3-12-41(13-4-1)59-47-19-8-7-18-45(47)49-36-56-50(35-52(49)61-59)46-31-29-43(34-55(46)63(56)44-16-5-2-6-17-44)37-22-26-42(27-23-37)60-62-51-20-9-10-21-54(51)64(60)53-33-30-40-25-24-38-14-11-15-39-28-32-48(53)58(40)57(38)39/h1-36H. The van der Waals surface area contributed by atoms with Crippen LogP contribution in [0, 0.1) is 0 Å². The van der Waals surface area contributed by atoms with Crippen LogP contribution in [0.2, 0.25) is 0 Å². The Morgan fingerprint density at radius 3 is 1.77 bits per heavy atom. The Labute approximate surface area is 367 Å². The molecule has 0 N–H and O–H groups in total. The molecule has 3 heterocycles. The summed E-state index contributed by atoms with van der Waals surface area (Å²) in [6.07, 6.45) is 0. The quantitative estimate of drug-likeness (QED) is 0.162. The maximum absolute atomic E-state index is 5.37. The third kappa shape index (κ3) is 5.11. The summed E-state index contributed by atoms with van der Waals surface area (Å²) in [5.41, 5.74) is 13.1. The summed E-state index contributed by atoms with van der Waals surface area (Å²) in [5.74, 6) is 0.922.